The van der Waals surface area contributed by atoms with E-state index in [2.05, 4.69) is 5.32 Å². The molecule has 22 heavy (non-hydrogen) atoms. The normalized spacial score (nSPS) is 22.8. The van der Waals surface area contributed by atoms with Crippen LogP contribution in [-0.2, 0) is 16.1 Å². The molecule has 1 atom stereocenters. The summed E-state index contributed by atoms with van der Waals surface area (Å²) in [7, 11) is 0. The molecule has 1 aliphatic heterocycles. The highest BCUT2D eigenvalue weighted by Gasteiger charge is 2.37. The minimum absolute atomic E-state index is 0.00973. The lowest BCUT2D eigenvalue weighted by Crippen LogP contribution is -2.39. The van der Waals surface area contributed by atoms with Crippen molar-refractivity contribution in [3.63, 3.8) is 0 Å². The van der Waals surface area contributed by atoms with Gasteiger partial charge in [-0.3, -0.25) is 9.59 Å². The number of carbonyl (C=O) groups is 2. The maximum atomic E-state index is 12.3. The summed E-state index contributed by atoms with van der Waals surface area (Å²) in [6, 6.07) is 10.2. The molecule has 4 heteroatoms. The number of hydrogen-bond acceptors (Lipinski definition) is 2. The van der Waals surface area contributed by atoms with Gasteiger partial charge in [0, 0.05) is 25.6 Å². The number of amides is 2. The Morgan fingerprint density at radius 3 is 2.59 bits per heavy atom. The van der Waals surface area contributed by atoms with Crippen LogP contribution in [0.3, 0.4) is 0 Å². The highest BCUT2D eigenvalue weighted by Crippen LogP contribution is 2.28. The van der Waals surface area contributed by atoms with Crippen LogP contribution >= 0.6 is 0 Å². The zero-order valence-electron chi connectivity index (χ0n) is 13.0. The van der Waals surface area contributed by atoms with Crippen molar-refractivity contribution >= 4 is 11.8 Å². The van der Waals surface area contributed by atoms with E-state index >= 15 is 0 Å². The summed E-state index contributed by atoms with van der Waals surface area (Å²) in [5.74, 6) is -0.0135. The Morgan fingerprint density at radius 2 is 1.86 bits per heavy atom. The Hall–Kier alpha value is -1.84. The molecule has 1 saturated heterocycles. The van der Waals surface area contributed by atoms with E-state index in [0.717, 1.165) is 18.4 Å². The molecule has 2 amide bonds. The average Bonchev–Trinajstić information content (AvgIpc) is 2.96. The van der Waals surface area contributed by atoms with E-state index in [4.69, 9.17) is 0 Å². The fraction of sp³-hybridized carbons (Fsp3) is 0.556. The van der Waals surface area contributed by atoms with Crippen LogP contribution in [0, 0.1) is 5.92 Å². The maximum Gasteiger partial charge on any atom is 0.225 e. The summed E-state index contributed by atoms with van der Waals surface area (Å²) < 4.78 is 0. The van der Waals surface area contributed by atoms with Crippen LogP contribution in [0.5, 0.6) is 0 Å². The van der Waals surface area contributed by atoms with Crippen LogP contribution in [-0.4, -0.2) is 29.3 Å². The van der Waals surface area contributed by atoms with Crippen LogP contribution in [0.4, 0.5) is 0 Å². The molecule has 0 unspecified atom stereocenters. The van der Waals surface area contributed by atoms with Crippen molar-refractivity contribution in [3.8, 4) is 0 Å². The molecule has 1 aliphatic carbocycles. The maximum absolute atomic E-state index is 12.3. The third kappa shape index (κ3) is 3.49. The van der Waals surface area contributed by atoms with Gasteiger partial charge in [-0.2, -0.15) is 0 Å². The first-order valence-corrected chi connectivity index (χ1v) is 8.35. The van der Waals surface area contributed by atoms with Gasteiger partial charge in [0.1, 0.15) is 0 Å². The predicted octanol–water partition coefficient (Wildman–Crippen LogP) is 2.48. The quantitative estimate of drug-likeness (QED) is 0.928. The zero-order chi connectivity index (χ0) is 15.4. The molecule has 1 aromatic rings. The summed E-state index contributed by atoms with van der Waals surface area (Å²) in [5.41, 5.74) is 1.09. The fourth-order valence-corrected chi connectivity index (χ4v) is 3.58. The van der Waals surface area contributed by atoms with Gasteiger partial charge < -0.3 is 10.2 Å². The lowest BCUT2D eigenvalue weighted by molar-refractivity contribution is -0.130. The van der Waals surface area contributed by atoms with Gasteiger partial charge in [-0.05, 0) is 18.4 Å². The number of rotatable bonds is 4. The minimum atomic E-state index is -0.182. The molecule has 4 nitrogen and oxygen atoms in total. The predicted molar refractivity (Wildman–Crippen MR) is 85.0 cm³/mol. The number of hydrogen-bond donors (Lipinski definition) is 1. The van der Waals surface area contributed by atoms with Crippen LogP contribution in [0.1, 0.15) is 44.1 Å². The van der Waals surface area contributed by atoms with Crippen molar-refractivity contribution in [2.24, 2.45) is 5.92 Å². The molecule has 2 aliphatic rings. The van der Waals surface area contributed by atoms with E-state index in [0.29, 0.717) is 25.6 Å². The summed E-state index contributed by atoms with van der Waals surface area (Å²) in [6.07, 6.45) is 6.27. The number of nitrogens with zero attached hydrogens (tertiary/aromatic N) is 1. The molecule has 0 radical (unpaired) electrons. The van der Waals surface area contributed by atoms with E-state index in [1.165, 1.54) is 19.3 Å². The first kappa shape index (κ1) is 15.1. The second-order valence-corrected chi connectivity index (χ2v) is 6.44. The van der Waals surface area contributed by atoms with Crippen molar-refractivity contribution in [1.82, 2.24) is 10.2 Å². The third-order valence-electron chi connectivity index (χ3n) is 4.85. The fourth-order valence-electron chi connectivity index (χ4n) is 3.58. The summed E-state index contributed by atoms with van der Waals surface area (Å²) in [4.78, 5) is 26.5. The summed E-state index contributed by atoms with van der Waals surface area (Å²) >= 11 is 0. The third-order valence-corrected chi connectivity index (χ3v) is 4.85. The first-order valence-electron chi connectivity index (χ1n) is 8.35. The van der Waals surface area contributed by atoms with Crippen molar-refractivity contribution in [2.75, 3.05) is 6.54 Å². The van der Waals surface area contributed by atoms with Gasteiger partial charge in [0.15, 0.2) is 0 Å². The van der Waals surface area contributed by atoms with Gasteiger partial charge in [0.05, 0.1) is 5.92 Å². The van der Waals surface area contributed by atoms with Crippen LogP contribution < -0.4 is 5.32 Å². The molecule has 1 N–H and O–H groups in total. The first-order chi connectivity index (χ1) is 10.7. The molecular formula is C18H24N2O2. The van der Waals surface area contributed by atoms with Gasteiger partial charge in [-0.25, -0.2) is 0 Å². The molecule has 1 heterocycles. The van der Waals surface area contributed by atoms with Gasteiger partial charge in [-0.15, -0.1) is 0 Å². The van der Waals surface area contributed by atoms with Crippen LogP contribution in [0.25, 0.3) is 0 Å². The Morgan fingerprint density at radius 1 is 1.14 bits per heavy atom. The largest absolute Gasteiger partial charge is 0.352 e. The van der Waals surface area contributed by atoms with Crippen molar-refractivity contribution in [1.29, 1.82) is 0 Å². The Kier molecular flexibility index (Phi) is 4.76. The van der Waals surface area contributed by atoms with Crippen molar-refractivity contribution < 1.29 is 9.59 Å². The van der Waals surface area contributed by atoms with Gasteiger partial charge in [0.2, 0.25) is 11.8 Å². The molecule has 118 valence electrons. The van der Waals surface area contributed by atoms with E-state index in [1.807, 2.05) is 35.2 Å². The highest BCUT2D eigenvalue weighted by atomic mass is 16.2. The zero-order valence-corrected chi connectivity index (χ0v) is 13.0. The molecule has 0 aromatic heterocycles. The molecule has 1 aromatic carbocycles. The lowest BCUT2D eigenvalue weighted by atomic mass is 9.94. The van der Waals surface area contributed by atoms with Crippen LogP contribution in [0.15, 0.2) is 30.3 Å². The monoisotopic (exact) mass is 300 g/mol. The molecule has 3 rings (SSSR count). The Balaban J connectivity index is 1.52. The van der Waals surface area contributed by atoms with Crippen molar-refractivity contribution in [2.45, 2.75) is 51.1 Å². The topological polar surface area (TPSA) is 49.4 Å². The molecule has 2 fully saturated rings. The molecular weight excluding hydrogens is 276 g/mol. The SMILES string of the molecule is O=C(NCc1ccccc1)[C@H]1CC(=O)N(C2CCCCC2)C1. The standard InChI is InChI=1S/C18H24N2O2/c21-17-11-15(13-20(17)16-9-5-2-6-10-16)18(22)19-12-14-7-3-1-4-8-14/h1,3-4,7-8,15-16H,2,5-6,9-13H2,(H,19,22)/t15-/m0/s1. The minimum Gasteiger partial charge on any atom is -0.352 e. The van der Waals surface area contributed by atoms with Crippen molar-refractivity contribution in [3.05, 3.63) is 35.9 Å². The number of benzene rings is 1. The van der Waals surface area contributed by atoms with E-state index in [-0.39, 0.29) is 17.7 Å². The van der Waals surface area contributed by atoms with Gasteiger partial charge >= 0.3 is 0 Å². The molecule has 0 bridgehead atoms. The summed E-state index contributed by atoms with van der Waals surface area (Å²) in [6.45, 7) is 1.14. The highest BCUT2D eigenvalue weighted by molar-refractivity contribution is 5.89. The Bertz CT molecular complexity index is 523. The van der Waals surface area contributed by atoms with Gasteiger partial charge in [-0.1, -0.05) is 49.6 Å². The second-order valence-electron chi connectivity index (χ2n) is 6.44. The van der Waals surface area contributed by atoms with E-state index in [9.17, 15) is 9.59 Å². The van der Waals surface area contributed by atoms with E-state index < -0.39 is 0 Å². The number of nitrogens with one attached hydrogen (secondary N) is 1. The lowest BCUT2D eigenvalue weighted by Gasteiger charge is -2.31. The second kappa shape index (κ2) is 6.95. The number of carbonyl (C=O) groups excluding carboxylic acids is 2. The summed E-state index contributed by atoms with van der Waals surface area (Å²) in [5, 5.41) is 2.97. The smallest absolute Gasteiger partial charge is 0.225 e. The average molecular weight is 300 g/mol. The Labute approximate surface area is 131 Å². The molecule has 0 spiro atoms. The van der Waals surface area contributed by atoms with Gasteiger partial charge in [0.25, 0.3) is 0 Å². The number of likely N-dealkylation sites (tertiary alicyclic amines) is 1. The van der Waals surface area contributed by atoms with E-state index in [1.54, 1.807) is 0 Å². The molecule has 1 saturated carbocycles. The van der Waals surface area contributed by atoms with Crippen LogP contribution in [0.2, 0.25) is 0 Å².